The molecule has 0 N–H and O–H groups in total. The van der Waals surface area contributed by atoms with E-state index in [9.17, 15) is 19.3 Å². The summed E-state index contributed by atoms with van der Waals surface area (Å²) in [6.45, 7) is 1.38. The van der Waals surface area contributed by atoms with Crippen LogP contribution >= 0.6 is 0 Å². The van der Waals surface area contributed by atoms with Crippen LogP contribution in [0.5, 0.6) is 0 Å². The van der Waals surface area contributed by atoms with Gasteiger partial charge in [0.2, 0.25) is 0 Å². The Labute approximate surface area is 108 Å². The third kappa shape index (κ3) is 2.49. The molecule has 0 amide bonds. The van der Waals surface area contributed by atoms with E-state index in [1.165, 1.54) is 31.2 Å². The third-order valence-electron chi connectivity index (χ3n) is 2.75. The zero-order chi connectivity index (χ0) is 14.0. The number of hydrogen-bond acceptors (Lipinski definition) is 3. The van der Waals surface area contributed by atoms with Crippen molar-refractivity contribution in [3.05, 3.63) is 64.0 Å². The highest BCUT2D eigenvalue weighted by atomic mass is 19.1. The lowest BCUT2D eigenvalue weighted by atomic mass is 10.00. The van der Waals surface area contributed by atoms with Crippen molar-refractivity contribution in [1.29, 1.82) is 0 Å². The summed E-state index contributed by atoms with van der Waals surface area (Å²) in [5.74, 6) is -0.865. The van der Waals surface area contributed by atoms with E-state index in [2.05, 4.69) is 0 Å². The minimum atomic E-state index is -0.685. The van der Waals surface area contributed by atoms with Crippen molar-refractivity contribution in [1.82, 2.24) is 0 Å². The van der Waals surface area contributed by atoms with E-state index in [0.29, 0.717) is 11.1 Å². The number of rotatable bonds is 3. The molecule has 96 valence electrons. The monoisotopic (exact) mass is 259 g/mol. The fourth-order valence-corrected chi connectivity index (χ4v) is 1.84. The fourth-order valence-electron chi connectivity index (χ4n) is 1.84. The van der Waals surface area contributed by atoms with Gasteiger partial charge >= 0.3 is 0 Å². The van der Waals surface area contributed by atoms with Crippen LogP contribution in [0.3, 0.4) is 0 Å². The molecule has 0 aliphatic carbocycles. The highest BCUT2D eigenvalue weighted by Crippen LogP contribution is 2.32. The summed E-state index contributed by atoms with van der Waals surface area (Å²) in [5, 5.41) is 10.9. The minimum absolute atomic E-state index is 0.101. The van der Waals surface area contributed by atoms with Crippen molar-refractivity contribution >= 4 is 11.5 Å². The van der Waals surface area contributed by atoms with Crippen LogP contribution in [0.2, 0.25) is 0 Å². The van der Waals surface area contributed by atoms with E-state index in [0.717, 1.165) is 6.07 Å². The van der Waals surface area contributed by atoms with Gasteiger partial charge in [-0.3, -0.25) is 14.9 Å². The van der Waals surface area contributed by atoms with E-state index in [-0.39, 0.29) is 17.0 Å². The largest absolute Gasteiger partial charge is 0.295 e. The Morgan fingerprint density at radius 1 is 1.21 bits per heavy atom. The van der Waals surface area contributed by atoms with Crippen molar-refractivity contribution in [2.24, 2.45) is 0 Å². The number of carbonyl (C=O) groups excluding carboxylic acids is 1. The van der Waals surface area contributed by atoms with Gasteiger partial charge in [-0.05, 0) is 24.6 Å². The maximum Gasteiger partial charge on any atom is 0.280 e. The standard InChI is InChI=1S/C14H10FNO3/c1-9(17)10-4-2-5-11(8-10)14-12(15)6-3-7-13(14)16(18)19/h2-8H,1H3. The summed E-state index contributed by atoms with van der Waals surface area (Å²) in [4.78, 5) is 21.6. The molecule has 0 unspecified atom stereocenters. The van der Waals surface area contributed by atoms with Crippen LogP contribution in [0, 0.1) is 15.9 Å². The zero-order valence-electron chi connectivity index (χ0n) is 10.1. The molecule has 0 aliphatic rings. The quantitative estimate of drug-likeness (QED) is 0.480. The summed E-state index contributed by atoms with van der Waals surface area (Å²) >= 11 is 0. The van der Waals surface area contributed by atoms with Gasteiger partial charge in [0.1, 0.15) is 5.82 Å². The second kappa shape index (κ2) is 4.97. The van der Waals surface area contributed by atoms with Gasteiger partial charge in [0.05, 0.1) is 10.5 Å². The molecule has 2 aromatic rings. The Balaban J connectivity index is 2.68. The molecule has 0 saturated heterocycles. The first-order valence-electron chi connectivity index (χ1n) is 5.55. The summed E-state index contributed by atoms with van der Waals surface area (Å²) in [7, 11) is 0. The second-order valence-corrected chi connectivity index (χ2v) is 4.03. The van der Waals surface area contributed by atoms with Gasteiger partial charge in [-0.25, -0.2) is 4.39 Å². The summed E-state index contributed by atoms with van der Waals surface area (Å²) in [6, 6.07) is 9.82. The maximum absolute atomic E-state index is 13.8. The minimum Gasteiger partial charge on any atom is -0.295 e. The molecule has 2 aromatic carbocycles. The Kier molecular flexibility index (Phi) is 3.37. The zero-order valence-corrected chi connectivity index (χ0v) is 10.1. The van der Waals surface area contributed by atoms with Crippen molar-refractivity contribution in [2.45, 2.75) is 6.92 Å². The number of halogens is 1. The van der Waals surface area contributed by atoms with Crippen LogP contribution < -0.4 is 0 Å². The molecule has 0 spiro atoms. The molecular weight excluding hydrogens is 249 g/mol. The topological polar surface area (TPSA) is 60.2 Å². The molecule has 0 fully saturated rings. The van der Waals surface area contributed by atoms with Crippen LogP contribution in [0.4, 0.5) is 10.1 Å². The predicted octanol–water partition coefficient (Wildman–Crippen LogP) is 3.60. The van der Waals surface area contributed by atoms with Crippen LogP contribution in [-0.2, 0) is 0 Å². The molecule has 2 rings (SSSR count). The number of carbonyl (C=O) groups is 1. The Morgan fingerprint density at radius 3 is 2.53 bits per heavy atom. The molecule has 19 heavy (non-hydrogen) atoms. The number of benzene rings is 2. The lowest BCUT2D eigenvalue weighted by molar-refractivity contribution is -0.384. The molecule has 0 saturated carbocycles. The number of nitro benzene ring substituents is 1. The van der Waals surface area contributed by atoms with Crippen molar-refractivity contribution < 1.29 is 14.1 Å². The Morgan fingerprint density at radius 2 is 1.89 bits per heavy atom. The first kappa shape index (κ1) is 12.9. The van der Waals surface area contributed by atoms with Crippen LogP contribution in [0.1, 0.15) is 17.3 Å². The summed E-state index contributed by atoms with van der Waals surface area (Å²) < 4.78 is 13.8. The van der Waals surface area contributed by atoms with E-state index in [4.69, 9.17) is 0 Å². The number of nitrogens with zero attached hydrogens (tertiary/aromatic N) is 1. The van der Waals surface area contributed by atoms with Gasteiger partial charge in [-0.2, -0.15) is 0 Å². The van der Waals surface area contributed by atoms with Crippen LogP contribution in [0.15, 0.2) is 42.5 Å². The van der Waals surface area contributed by atoms with Crippen molar-refractivity contribution in [3.63, 3.8) is 0 Å². The highest BCUT2D eigenvalue weighted by Gasteiger charge is 2.19. The molecule has 4 nitrogen and oxygen atoms in total. The summed E-state index contributed by atoms with van der Waals surface area (Å²) in [6.07, 6.45) is 0. The number of Topliss-reactive ketones (excluding diaryl/α,β-unsaturated/α-hetero) is 1. The molecule has 0 aromatic heterocycles. The Hall–Kier alpha value is -2.56. The molecule has 5 heteroatoms. The summed E-state index contributed by atoms with van der Waals surface area (Å²) in [5.41, 5.74) is 0.281. The molecule has 0 atom stereocenters. The highest BCUT2D eigenvalue weighted by molar-refractivity contribution is 5.95. The van der Waals surface area contributed by atoms with Gasteiger partial charge in [-0.1, -0.05) is 24.3 Å². The van der Waals surface area contributed by atoms with Crippen LogP contribution in [0.25, 0.3) is 11.1 Å². The van der Waals surface area contributed by atoms with Gasteiger partial charge in [0.15, 0.2) is 5.78 Å². The molecule has 0 heterocycles. The molecule has 0 radical (unpaired) electrons. The SMILES string of the molecule is CC(=O)c1cccc(-c2c(F)cccc2[N+](=O)[O-])c1. The molecular formula is C14H10FNO3. The molecule has 0 aliphatic heterocycles. The fraction of sp³-hybridized carbons (Fsp3) is 0.0714. The Bertz CT molecular complexity index is 667. The number of ketones is 1. The second-order valence-electron chi connectivity index (χ2n) is 4.03. The van der Waals surface area contributed by atoms with Gasteiger partial charge in [-0.15, -0.1) is 0 Å². The average molecular weight is 259 g/mol. The van der Waals surface area contributed by atoms with Gasteiger partial charge < -0.3 is 0 Å². The number of hydrogen-bond donors (Lipinski definition) is 0. The van der Waals surface area contributed by atoms with Crippen molar-refractivity contribution in [2.75, 3.05) is 0 Å². The predicted molar refractivity (Wildman–Crippen MR) is 68.5 cm³/mol. The van der Waals surface area contributed by atoms with E-state index < -0.39 is 10.7 Å². The van der Waals surface area contributed by atoms with Crippen molar-refractivity contribution in [3.8, 4) is 11.1 Å². The van der Waals surface area contributed by atoms with E-state index in [1.807, 2.05) is 0 Å². The first-order chi connectivity index (χ1) is 9.00. The van der Waals surface area contributed by atoms with Crippen LogP contribution in [-0.4, -0.2) is 10.7 Å². The maximum atomic E-state index is 13.8. The van der Waals surface area contributed by atoms with Gasteiger partial charge in [0, 0.05) is 11.6 Å². The normalized spacial score (nSPS) is 10.2. The lowest BCUT2D eigenvalue weighted by Gasteiger charge is -2.06. The lowest BCUT2D eigenvalue weighted by Crippen LogP contribution is -1.97. The van der Waals surface area contributed by atoms with Gasteiger partial charge in [0.25, 0.3) is 5.69 Å². The third-order valence-corrected chi connectivity index (χ3v) is 2.75. The molecule has 0 bridgehead atoms. The first-order valence-corrected chi connectivity index (χ1v) is 5.55. The van der Waals surface area contributed by atoms with E-state index in [1.54, 1.807) is 12.1 Å². The number of nitro groups is 1. The van der Waals surface area contributed by atoms with E-state index >= 15 is 0 Å². The smallest absolute Gasteiger partial charge is 0.280 e. The average Bonchev–Trinajstić information content (AvgIpc) is 2.38.